The molecule has 1 fully saturated rings. The van der Waals surface area contributed by atoms with Crippen LogP contribution < -0.4 is 11.1 Å². The van der Waals surface area contributed by atoms with Crippen molar-refractivity contribution in [3.8, 4) is 0 Å². The van der Waals surface area contributed by atoms with Crippen molar-refractivity contribution in [3.63, 3.8) is 0 Å². The van der Waals surface area contributed by atoms with Gasteiger partial charge in [-0.15, -0.1) is 11.3 Å². The van der Waals surface area contributed by atoms with Crippen LogP contribution in [-0.4, -0.2) is 23.7 Å². The molecule has 5 heteroatoms. The fraction of sp³-hybridized carbons (Fsp3) is 0.583. The van der Waals surface area contributed by atoms with Gasteiger partial charge in [0.1, 0.15) is 0 Å². The van der Waals surface area contributed by atoms with E-state index < -0.39 is 0 Å². The Morgan fingerprint density at radius 2 is 2.29 bits per heavy atom. The van der Waals surface area contributed by atoms with Crippen LogP contribution in [0.25, 0.3) is 0 Å². The Bertz CT molecular complexity index is 414. The molecule has 3 nitrogen and oxygen atoms in total. The van der Waals surface area contributed by atoms with Gasteiger partial charge in [0.25, 0.3) is 5.91 Å². The first-order valence-corrected chi connectivity index (χ1v) is 7.95. The molecule has 92 valence electrons. The zero-order valence-corrected chi connectivity index (χ0v) is 11.2. The van der Waals surface area contributed by atoms with Gasteiger partial charge in [-0.25, -0.2) is 0 Å². The lowest BCUT2D eigenvalue weighted by molar-refractivity contribution is 0.0914. The largest absolute Gasteiger partial charge is 0.348 e. The maximum atomic E-state index is 12.0. The van der Waals surface area contributed by atoms with Crippen LogP contribution in [0.4, 0.5) is 0 Å². The van der Waals surface area contributed by atoms with Crippen molar-refractivity contribution in [2.75, 3.05) is 5.75 Å². The normalized spacial score (nSPS) is 27.1. The van der Waals surface area contributed by atoms with Crippen molar-refractivity contribution >= 4 is 29.0 Å². The van der Waals surface area contributed by atoms with Crippen LogP contribution in [0.5, 0.6) is 0 Å². The number of carbonyl (C=O) groups is 1. The first-order valence-electron chi connectivity index (χ1n) is 5.98. The Morgan fingerprint density at radius 1 is 1.47 bits per heavy atom. The summed E-state index contributed by atoms with van der Waals surface area (Å²) in [6.45, 7) is 0. The Morgan fingerprint density at radius 3 is 3.00 bits per heavy atom. The topological polar surface area (TPSA) is 55.1 Å². The van der Waals surface area contributed by atoms with Crippen LogP contribution in [0.1, 0.15) is 33.0 Å². The van der Waals surface area contributed by atoms with Gasteiger partial charge in [-0.3, -0.25) is 4.79 Å². The third kappa shape index (κ3) is 2.37. The standard InChI is InChI=1S/C12H16N2OS2/c13-8-4-9(5-8)14-12(15)11-3-7-6-16-2-1-10(7)17-11/h3,8-9H,1-2,4-6,13H2,(H,14,15). The summed E-state index contributed by atoms with van der Waals surface area (Å²) in [6.07, 6.45) is 2.96. The highest BCUT2D eigenvalue weighted by molar-refractivity contribution is 7.98. The van der Waals surface area contributed by atoms with Crippen LogP contribution in [0.3, 0.4) is 0 Å². The molecule has 1 aliphatic carbocycles. The van der Waals surface area contributed by atoms with Crippen molar-refractivity contribution in [3.05, 3.63) is 21.4 Å². The highest BCUT2D eigenvalue weighted by Crippen LogP contribution is 2.32. The van der Waals surface area contributed by atoms with E-state index in [1.807, 2.05) is 11.8 Å². The lowest BCUT2D eigenvalue weighted by Gasteiger charge is -2.32. The fourth-order valence-electron chi connectivity index (χ4n) is 2.30. The summed E-state index contributed by atoms with van der Waals surface area (Å²) >= 11 is 3.62. The molecule has 0 spiro atoms. The van der Waals surface area contributed by atoms with Crippen LogP contribution in [0.2, 0.25) is 0 Å². The maximum Gasteiger partial charge on any atom is 0.261 e. The van der Waals surface area contributed by atoms with Gasteiger partial charge in [-0.1, -0.05) is 0 Å². The summed E-state index contributed by atoms with van der Waals surface area (Å²) < 4.78 is 0. The molecule has 0 saturated heterocycles. The molecule has 2 heterocycles. The third-order valence-corrected chi connectivity index (χ3v) is 5.61. The highest BCUT2D eigenvalue weighted by Gasteiger charge is 2.28. The van der Waals surface area contributed by atoms with Crippen molar-refractivity contribution in [2.45, 2.75) is 37.1 Å². The molecule has 0 aromatic carbocycles. The minimum atomic E-state index is 0.0892. The lowest BCUT2D eigenvalue weighted by Crippen LogP contribution is -2.50. The first kappa shape index (κ1) is 11.6. The number of thiophene rings is 1. The van der Waals surface area contributed by atoms with Crippen molar-refractivity contribution in [1.29, 1.82) is 0 Å². The van der Waals surface area contributed by atoms with Gasteiger partial charge >= 0.3 is 0 Å². The maximum absolute atomic E-state index is 12.0. The van der Waals surface area contributed by atoms with E-state index in [2.05, 4.69) is 11.4 Å². The van der Waals surface area contributed by atoms with Crippen LogP contribution in [-0.2, 0) is 12.2 Å². The Balaban J connectivity index is 1.67. The second kappa shape index (κ2) is 4.63. The van der Waals surface area contributed by atoms with Gasteiger partial charge in [0.15, 0.2) is 0 Å². The number of hydrogen-bond donors (Lipinski definition) is 2. The van der Waals surface area contributed by atoms with Gasteiger partial charge < -0.3 is 11.1 Å². The van der Waals surface area contributed by atoms with E-state index in [1.165, 1.54) is 16.2 Å². The molecule has 1 aliphatic heterocycles. The lowest BCUT2D eigenvalue weighted by atomic mass is 9.87. The molecule has 0 radical (unpaired) electrons. The molecule has 1 amide bonds. The molecular weight excluding hydrogens is 252 g/mol. The molecule has 2 aliphatic rings. The predicted molar refractivity (Wildman–Crippen MR) is 72.6 cm³/mol. The molecular formula is C12H16N2OS2. The van der Waals surface area contributed by atoms with E-state index in [-0.39, 0.29) is 11.9 Å². The van der Waals surface area contributed by atoms with Crippen molar-refractivity contribution in [1.82, 2.24) is 5.32 Å². The summed E-state index contributed by atoms with van der Waals surface area (Å²) in [5.41, 5.74) is 7.07. The van der Waals surface area contributed by atoms with E-state index in [9.17, 15) is 4.79 Å². The fourth-order valence-corrected chi connectivity index (χ4v) is 4.57. The molecule has 0 atom stereocenters. The predicted octanol–water partition coefficient (Wildman–Crippen LogP) is 1.76. The molecule has 1 aromatic rings. The minimum Gasteiger partial charge on any atom is -0.348 e. The summed E-state index contributed by atoms with van der Waals surface area (Å²) in [7, 11) is 0. The molecule has 3 N–H and O–H groups in total. The number of rotatable bonds is 2. The molecule has 1 saturated carbocycles. The number of hydrogen-bond acceptors (Lipinski definition) is 4. The van der Waals surface area contributed by atoms with Crippen molar-refractivity contribution < 1.29 is 4.79 Å². The average molecular weight is 268 g/mol. The number of carbonyl (C=O) groups excluding carboxylic acids is 1. The zero-order chi connectivity index (χ0) is 11.8. The summed E-state index contributed by atoms with van der Waals surface area (Å²) in [5.74, 6) is 2.34. The molecule has 3 rings (SSSR count). The van der Waals surface area contributed by atoms with Gasteiger partial charge in [-0.05, 0) is 36.6 Å². The number of nitrogens with two attached hydrogens (primary N) is 1. The van der Waals surface area contributed by atoms with Gasteiger partial charge in [-0.2, -0.15) is 11.8 Å². The minimum absolute atomic E-state index is 0.0892. The van der Waals surface area contributed by atoms with Crippen LogP contribution in [0, 0.1) is 0 Å². The Kier molecular flexibility index (Phi) is 3.15. The van der Waals surface area contributed by atoms with E-state index in [4.69, 9.17) is 5.73 Å². The number of nitrogens with one attached hydrogen (secondary N) is 1. The van der Waals surface area contributed by atoms with E-state index in [0.29, 0.717) is 6.04 Å². The van der Waals surface area contributed by atoms with Gasteiger partial charge in [0.2, 0.25) is 0 Å². The summed E-state index contributed by atoms with van der Waals surface area (Å²) in [6, 6.07) is 2.65. The molecule has 1 aromatic heterocycles. The van der Waals surface area contributed by atoms with E-state index >= 15 is 0 Å². The second-order valence-corrected chi connectivity index (χ2v) is 7.01. The smallest absolute Gasteiger partial charge is 0.261 e. The molecule has 0 unspecified atom stereocenters. The van der Waals surface area contributed by atoms with E-state index in [0.717, 1.165) is 29.9 Å². The number of amides is 1. The quantitative estimate of drug-likeness (QED) is 0.859. The Labute approximate surface area is 109 Å². The second-order valence-electron chi connectivity index (χ2n) is 4.76. The highest BCUT2D eigenvalue weighted by atomic mass is 32.2. The van der Waals surface area contributed by atoms with Crippen LogP contribution >= 0.6 is 23.1 Å². The Hall–Kier alpha value is -0.520. The first-order chi connectivity index (χ1) is 8.22. The zero-order valence-electron chi connectivity index (χ0n) is 9.57. The summed E-state index contributed by atoms with van der Waals surface area (Å²) in [4.78, 5) is 14.3. The number of aryl methyl sites for hydroxylation is 1. The molecule has 17 heavy (non-hydrogen) atoms. The monoisotopic (exact) mass is 268 g/mol. The SMILES string of the molecule is NC1CC(NC(=O)c2cc3c(s2)CCSC3)C1. The van der Waals surface area contributed by atoms with Gasteiger partial charge in [0.05, 0.1) is 4.88 Å². The van der Waals surface area contributed by atoms with E-state index in [1.54, 1.807) is 11.3 Å². The molecule has 0 bridgehead atoms. The van der Waals surface area contributed by atoms with Crippen molar-refractivity contribution in [2.24, 2.45) is 5.73 Å². The number of fused-ring (bicyclic) bond motifs is 1. The third-order valence-electron chi connectivity index (χ3n) is 3.36. The van der Waals surface area contributed by atoms with Gasteiger partial charge in [0, 0.05) is 22.7 Å². The average Bonchev–Trinajstić information content (AvgIpc) is 2.70. The number of thioether (sulfide) groups is 1. The van der Waals surface area contributed by atoms with Crippen LogP contribution in [0.15, 0.2) is 6.07 Å². The summed E-state index contributed by atoms with van der Waals surface area (Å²) in [5, 5.41) is 3.06.